The number of amides is 2. The molecule has 7 nitrogen and oxygen atoms in total. The molecule has 2 N–H and O–H groups in total. The molecule has 9 heteroatoms. The van der Waals surface area contributed by atoms with Gasteiger partial charge in [-0.1, -0.05) is 17.7 Å². The molecular weight excluding hydrogens is 382 g/mol. The van der Waals surface area contributed by atoms with Gasteiger partial charge in [0.2, 0.25) is 5.91 Å². The third kappa shape index (κ3) is 5.10. The lowest BCUT2D eigenvalue weighted by Crippen LogP contribution is -2.31. The van der Waals surface area contributed by atoms with Crippen LogP contribution in [0.25, 0.3) is 0 Å². The fourth-order valence-electron chi connectivity index (χ4n) is 2.43. The van der Waals surface area contributed by atoms with Crippen LogP contribution in [0.2, 0.25) is 0 Å². The van der Waals surface area contributed by atoms with E-state index in [9.17, 15) is 23.2 Å². The first-order valence-electron chi connectivity index (χ1n) is 8.53. The van der Waals surface area contributed by atoms with Gasteiger partial charge in [0.15, 0.2) is 0 Å². The second-order valence-corrected chi connectivity index (χ2v) is 6.21. The molecule has 0 saturated heterocycles. The number of nitrogens with one attached hydrogen (secondary N) is 2. The van der Waals surface area contributed by atoms with Crippen LogP contribution < -0.4 is 16.2 Å². The Hall–Kier alpha value is -3.88. The molecule has 0 radical (unpaired) electrons. The number of rotatable bonds is 5. The van der Waals surface area contributed by atoms with Crippen LogP contribution in [0.5, 0.6) is 0 Å². The van der Waals surface area contributed by atoms with Gasteiger partial charge >= 0.3 is 0 Å². The Balaban J connectivity index is 1.72. The fraction of sp³-hybridized carbons (Fsp3) is 0.100. The average Bonchev–Trinajstić information content (AvgIpc) is 2.67. The first kappa shape index (κ1) is 19.9. The molecule has 2 aromatic carbocycles. The summed E-state index contributed by atoms with van der Waals surface area (Å²) in [5.74, 6) is -3.07. The van der Waals surface area contributed by atoms with Crippen molar-refractivity contribution in [1.29, 1.82) is 0 Å². The Morgan fingerprint density at radius 2 is 1.72 bits per heavy atom. The van der Waals surface area contributed by atoms with Gasteiger partial charge in [0.05, 0.1) is 5.69 Å². The van der Waals surface area contributed by atoms with Crippen molar-refractivity contribution in [2.75, 3.05) is 10.6 Å². The second-order valence-electron chi connectivity index (χ2n) is 6.21. The highest BCUT2D eigenvalue weighted by Gasteiger charge is 2.13. The van der Waals surface area contributed by atoms with E-state index in [0.29, 0.717) is 11.8 Å². The summed E-state index contributed by atoms with van der Waals surface area (Å²) < 4.78 is 27.4. The van der Waals surface area contributed by atoms with Crippen molar-refractivity contribution in [1.82, 2.24) is 9.78 Å². The lowest BCUT2D eigenvalue weighted by atomic mass is 10.2. The van der Waals surface area contributed by atoms with Gasteiger partial charge in [-0.05, 0) is 37.3 Å². The molecule has 0 saturated carbocycles. The highest BCUT2D eigenvalue weighted by molar-refractivity contribution is 6.02. The molecule has 148 valence electrons. The first-order valence-corrected chi connectivity index (χ1v) is 8.53. The Labute approximate surface area is 164 Å². The summed E-state index contributed by atoms with van der Waals surface area (Å²) in [6, 6.07) is 12.1. The van der Waals surface area contributed by atoms with Crippen LogP contribution in [0.4, 0.5) is 20.2 Å². The van der Waals surface area contributed by atoms with Crippen LogP contribution in [-0.2, 0) is 11.3 Å². The number of anilines is 2. The minimum atomic E-state index is -0.954. The highest BCUT2D eigenvalue weighted by atomic mass is 19.1. The summed E-state index contributed by atoms with van der Waals surface area (Å²) in [7, 11) is 0. The van der Waals surface area contributed by atoms with Crippen molar-refractivity contribution in [3.05, 3.63) is 87.8 Å². The number of benzene rings is 2. The van der Waals surface area contributed by atoms with Crippen molar-refractivity contribution in [3.63, 3.8) is 0 Å². The number of carbonyl (C=O) groups excluding carboxylic acids is 2. The second kappa shape index (κ2) is 8.42. The number of carbonyl (C=O) groups is 2. The number of aromatic nitrogens is 2. The smallest absolute Gasteiger partial charge is 0.276 e. The number of nitrogens with zero attached hydrogens (tertiary/aromatic N) is 2. The fourth-order valence-corrected chi connectivity index (χ4v) is 2.43. The van der Waals surface area contributed by atoms with Gasteiger partial charge in [-0.3, -0.25) is 14.4 Å². The quantitative estimate of drug-likeness (QED) is 0.691. The minimum Gasteiger partial charge on any atom is -0.322 e. The summed E-state index contributed by atoms with van der Waals surface area (Å²) in [5, 5.41) is 8.74. The maximum Gasteiger partial charge on any atom is 0.276 e. The number of halogens is 2. The van der Waals surface area contributed by atoms with Gasteiger partial charge in [-0.15, -0.1) is 0 Å². The molecule has 1 aromatic heterocycles. The molecule has 1 heterocycles. The SMILES string of the molecule is Cc1ccc(NC(=O)c2ccc(=O)n(CC(=O)Nc3ccc(F)cc3F)n2)cc1. The van der Waals surface area contributed by atoms with E-state index in [2.05, 4.69) is 15.7 Å². The van der Waals surface area contributed by atoms with E-state index < -0.39 is 35.6 Å². The normalized spacial score (nSPS) is 10.4. The molecule has 2 amide bonds. The molecule has 0 unspecified atom stereocenters. The Bertz CT molecular complexity index is 1130. The van der Waals surface area contributed by atoms with Crippen LogP contribution in [0.3, 0.4) is 0 Å². The molecule has 0 fully saturated rings. The largest absolute Gasteiger partial charge is 0.322 e. The van der Waals surface area contributed by atoms with Crippen LogP contribution in [0.1, 0.15) is 16.1 Å². The molecule has 0 aliphatic carbocycles. The Kier molecular flexibility index (Phi) is 5.77. The topological polar surface area (TPSA) is 93.1 Å². The van der Waals surface area contributed by atoms with E-state index in [1.54, 1.807) is 12.1 Å². The lowest BCUT2D eigenvalue weighted by Gasteiger charge is -2.09. The summed E-state index contributed by atoms with van der Waals surface area (Å²) in [6.45, 7) is 1.35. The van der Waals surface area contributed by atoms with Crippen molar-refractivity contribution in [2.45, 2.75) is 13.5 Å². The molecule has 0 spiro atoms. The van der Waals surface area contributed by atoms with Crippen molar-refractivity contribution < 1.29 is 18.4 Å². The van der Waals surface area contributed by atoms with Gasteiger partial charge in [0.25, 0.3) is 11.5 Å². The van der Waals surface area contributed by atoms with Crippen molar-refractivity contribution >= 4 is 23.2 Å². The van der Waals surface area contributed by atoms with Crippen LogP contribution in [0.15, 0.2) is 59.4 Å². The van der Waals surface area contributed by atoms with Crippen molar-refractivity contribution in [3.8, 4) is 0 Å². The maximum absolute atomic E-state index is 13.6. The highest BCUT2D eigenvalue weighted by Crippen LogP contribution is 2.15. The molecule has 0 bridgehead atoms. The molecule has 0 atom stereocenters. The zero-order valence-electron chi connectivity index (χ0n) is 15.3. The van der Waals surface area contributed by atoms with Gasteiger partial charge in [-0.2, -0.15) is 5.10 Å². The van der Waals surface area contributed by atoms with E-state index in [1.807, 2.05) is 19.1 Å². The maximum atomic E-state index is 13.6. The number of hydrogen-bond donors (Lipinski definition) is 2. The van der Waals surface area contributed by atoms with Gasteiger partial charge in [0.1, 0.15) is 23.9 Å². The first-order chi connectivity index (χ1) is 13.8. The third-order valence-corrected chi connectivity index (χ3v) is 3.91. The summed E-state index contributed by atoms with van der Waals surface area (Å²) in [6.07, 6.45) is 0. The monoisotopic (exact) mass is 398 g/mol. The summed E-state index contributed by atoms with van der Waals surface area (Å²) >= 11 is 0. The third-order valence-electron chi connectivity index (χ3n) is 3.91. The number of aryl methyl sites for hydroxylation is 1. The van der Waals surface area contributed by atoms with Gasteiger partial charge in [-0.25, -0.2) is 13.5 Å². The molecular formula is C20H16F2N4O3. The molecule has 3 rings (SSSR count). The van der Waals surface area contributed by atoms with Gasteiger partial charge in [0, 0.05) is 17.8 Å². The predicted octanol–water partition coefficient (Wildman–Crippen LogP) is 2.72. The number of hydrogen-bond acceptors (Lipinski definition) is 4. The Morgan fingerprint density at radius 3 is 2.41 bits per heavy atom. The van der Waals surface area contributed by atoms with Crippen LogP contribution in [0, 0.1) is 18.6 Å². The van der Waals surface area contributed by atoms with E-state index in [4.69, 9.17) is 0 Å². The average molecular weight is 398 g/mol. The van der Waals surface area contributed by atoms with E-state index in [-0.39, 0.29) is 11.4 Å². The minimum absolute atomic E-state index is 0.0778. The predicted molar refractivity (Wildman–Crippen MR) is 103 cm³/mol. The molecule has 0 aliphatic rings. The van der Waals surface area contributed by atoms with Crippen molar-refractivity contribution in [2.24, 2.45) is 0 Å². The standard InChI is InChI=1S/C20H16F2N4O3/c1-12-2-5-14(6-3-12)23-20(29)17-8-9-19(28)26(25-17)11-18(27)24-16-7-4-13(21)10-15(16)22/h2-10H,11H2,1H3,(H,23,29)(H,24,27). The summed E-state index contributed by atoms with van der Waals surface area (Å²) in [5.41, 5.74) is 0.637. The van der Waals surface area contributed by atoms with Crippen LogP contribution >= 0.6 is 0 Å². The van der Waals surface area contributed by atoms with E-state index >= 15 is 0 Å². The molecule has 3 aromatic rings. The lowest BCUT2D eigenvalue weighted by molar-refractivity contribution is -0.117. The zero-order chi connectivity index (χ0) is 21.0. The van der Waals surface area contributed by atoms with E-state index in [0.717, 1.165) is 28.4 Å². The zero-order valence-corrected chi connectivity index (χ0v) is 15.3. The van der Waals surface area contributed by atoms with Crippen LogP contribution in [-0.4, -0.2) is 21.6 Å². The van der Waals surface area contributed by atoms with Gasteiger partial charge < -0.3 is 10.6 Å². The Morgan fingerprint density at radius 1 is 1.00 bits per heavy atom. The molecule has 29 heavy (non-hydrogen) atoms. The molecule has 0 aliphatic heterocycles. The van der Waals surface area contributed by atoms with E-state index in [1.165, 1.54) is 6.07 Å². The summed E-state index contributed by atoms with van der Waals surface area (Å²) in [4.78, 5) is 36.4.